The monoisotopic (exact) mass is 182 g/mol. The second kappa shape index (κ2) is 2.12. The molecule has 2 nitrogen and oxygen atoms in total. The van der Waals surface area contributed by atoms with E-state index in [0.717, 1.165) is 25.7 Å². The van der Waals surface area contributed by atoms with Gasteiger partial charge in [0.05, 0.1) is 11.2 Å². The first-order valence-corrected chi connectivity index (χ1v) is 5.46. The van der Waals surface area contributed by atoms with Crippen LogP contribution in [0.2, 0.25) is 0 Å². The summed E-state index contributed by atoms with van der Waals surface area (Å²) >= 11 is 0. The van der Waals surface area contributed by atoms with E-state index in [1.54, 1.807) is 0 Å². The van der Waals surface area contributed by atoms with E-state index in [1.165, 1.54) is 6.42 Å². The van der Waals surface area contributed by atoms with Crippen molar-refractivity contribution < 1.29 is 10.2 Å². The van der Waals surface area contributed by atoms with Crippen LogP contribution in [0.15, 0.2) is 0 Å². The highest BCUT2D eigenvalue weighted by molar-refractivity contribution is 5.13. The minimum atomic E-state index is -0.805. The van der Waals surface area contributed by atoms with Crippen LogP contribution in [0.3, 0.4) is 0 Å². The Morgan fingerprint density at radius 1 is 1.00 bits per heavy atom. The third-order valence-corrected chi connectivity index (χ3v) is 4.89. The molecule has 0 heterocycles. The van der Waals surface area contributed by atoms with Crippen LogP contribution in [0.5, 0.6) is 0 Å². The maximum Gasteiger partial charge on any atom is 0.0938 e. The highest BCUT2D eigenvalue weighted by Crippen LogP contribution is 2.59. The normalized spacial score (nSPS) is 64.4. The molecule has 0 spiro atoms. The lowest BCUT2D eigenvalue weighted by Gasteiger charge is -2.62. The molecule has 0 amide bonds. The third kappa shape index (κ3) is 0.861. The molecule has 0 radical (unpaired) electrons. The van der Waals surface area contributed by atoms with Crippen LogP contribution in [-0.4, -0.2) is 21.4 Å². The molecule has 3 atom stereocenters. The van der Waals surface area contributed by atoms with E-state index in [1.807, 2.05) is 6.92 Å². The first-order chi connectivity index (χ1) is 6.01. The van der Waals surface area contributed by atoms with Crippen LogP contribution < -0.4 is 0 Å². The van der Waals surface area contributed by atoms with E-state index in [-0.39, 0.29) is 0 Å². The van der Waals surface area contributed by atoms with Gasteiger partial charge in [-0.05, 0) is 56.8 Å². The standard InChI is InChI=1S/C11H18O2/c1-10(12)9-3-7-2-8(4-9)6-11(10,13)5-7/h7-9,12-13H,2-6H2,1H3. The van der Waals surface area contributed by atoms with Crippen LogP contribution in [-0.2, 0) is 0 Å². The lowest BCUT2D eigenvalue weighted by molar-refractivity contribution is -0.257. The van der Waals surface area contributed by atoms with Crippen molar-refractivity contribution in [3.8, 4) is 0 Å². The first-order valence-electron chi connectivity index (χ1n) is 5.46. The quantitative estimate of drug-likeness (QED) is 0.593. The van der Waals surface area contributed by atoms with Crippen LogP contribution in [0.25, 0.3) is 0 Å². The molecule has 3 unspecified atom stereocenters. The number of hydrogen-bond acceptors (Lipinski definition) is 2. The molecule has 4 aliphatic carbocycles. The average Bonchev–Trinajstić information content (AvgIpc) is 1.99. The molecular weight excluding hydrogens is 164 g/mol. The first kappa shape index (κ1) is 8.25. The van der Waals surface area contributed by atoms with E-state index in [4.69, 9.17) is 0 Å². The Bertz CT molecular complexity index is 232. The fourth-order valence-electron chi connectivity index (χ4n) is 4.19. The summed E-state index contributed by atoms with van der Waals surface area (Å²) in [6.45, 7) is 1.84. The van der Waals surface area contributed by atoms with Gasteiger partial charge in [-0.1, -0.05) is 0 Å². The molecule has 2 N–H and O–H groups in total. The van der Waals surface area contributed by atoms with Crippen LogP contribution in [0, 0.1) is 17.8 Å². The summed E-state index contributed by atoms with van der Waals surface area (Å²) < 4.78 is 0. The number of hydrogen-bond donors (Lipinski definition) is 2. The summed E-state index contributed by atoms with van der Waals surface area (Å²) in [4.78, 5) is 0. The maximum atomic E-state index is 10.4. The van der Waals surface area contributed by atoms with Crippen molar-refractivity contribution in [2.24, 2.45) is 17.8 Å². The summed E-state index contributed by atoms with van der Waals surface area (Å²) in [5, 5.41) is 20.7. The Kier molecular flexibility index (Phi) is 1.34. The van der Waals surface area contributed by atoms with Gasteiger partial charge in [0.2, 0.25) is 0 Å². The second-order valence-corrected chi connectivity index (χ2v) is 5.72. The highest BCUT2D eigenvalue weighted by Gasteiger charge is 2.62. The SMILES string of the molecule is CC1(O)C2CC3CC(C2)CC1(O)C3. The summed E-state index contributed by atoms with van der Waals surface area (Å²) in [6, 6.07) is 0. The van der Waals surface area contributed by atoms with Crippen molar-refractivity contribution in [3.05, 3.63) is 0 Å². The van der Waals surface area contributed by atoms with E-state index < -0.39 is 11.2 Å². The van der Waals surface area contributed by atoms with Crippen LogP contribution in [0.4, 0.5) is 0 Å². The number of rotatable bonds is 0. The Balaban J connectivity index is 2.03. The third-order valence-electron chi connectivity index (χ3n) is 4.89. The summed E-state index contributed by atoms with van der Waals surface area (Å²) in [5.41, 5.74) is -1.55. The van der Waals surface area contributed by atoms with Gasteiger partial charge in [-0.2, -0.15) is 0 Å². The largest absolute Gasteiger partial charge is 0.387 e. The predicted molar refractivity (Wildman–Crippen MR) is 49.1 cm³/mol. The van der Waals surface area contributed by atoms with Gasteiger partial charge in [0, 0.05) is 0 Å². The molecule has 13 heavy (non-hydrogen) atoms. The Morgan fingerprint density at radius 2 is 1.54 bits per heavy atom. The van der Waals surface area contributed by atoms with E-state index in [9.17, 15) is 10.2 Å². The molecule has 2 heteroatoms. The van der Waals surface area contributed by atoms with Crippen molar-refractivity contribution >= 4 is 0 Å². The zero-order valence-electron chi connectivity index (χ0n) is 8.16. The van der Waals surface area contributed by atoms with Crippen molar-refractivity contribution in [1.82, 2.24) is 0 Å². The molecule has 4 rings (SSSR count). The highest BCUT2D eigenvalue weighted by atomic mass is 16.4. The van der Waals surface area contributed by atoms with Crippen LogP contribution in [0.1, 0.15) is 39.0 Å². The fourth-order valence-corrected chi connectivity index (χ4v) is 4.19. The minimum Gasteiger partial charge on any atom is -0.387 e. The van der Waals surface area contributed by atoms with Gasteiger partial charge in [-0.3, -0.25) is 0 Å². The van der Waals surface area contributed by atoms with Gasteiger partial charge in [0.15, 0.2) is 0 Å². The van der Waals surface area contributed by atoms with E-state index in [0.29, 0.717) is 17.8 Å². The van der Waals surface area contributed by atoms with Gasteiger partial charge in [0.25, 0.3) is 0 Å². The Labute approximate surface area is 79.0 Å². The van der Waals surface area contributed by atoms with Gasteiger partial charge >= 0.3 is 0 Å². The molecule has 4 aliphatic rings. The minimum absolute atomic E-state index is 0.365. The summed E-state index contributed by atoms with van der Waals surface area (Å²) in [6.07, 6.45) is 5.27. The molecule has 0 aromatic heterocycles. The van der Waals surface area contributed by atoms with Gasteiger partial charge < -0.3 is 10.2 Å². The lowest BCUT2D eigenvalue weighted by Crippen LogP contribution is -2.67. The average molecular weight is 182 g/mol. The zero-order valence-corrected chi connectivity index (χ0v) is 8.16. The van der Waals surface area contributed by atoms with Gasteiger partial charge in [-0.25, -0.2) is 0 Å². The lowest BCUT2D eigenvalue weighted by atomic mass is 9.48. The summed E-state index contributed by atoms with van der Waals surface area (Å²) in [7, 11) is 0. The van der Waals surface area contributed by atoms with Crippen molar-refractivity contribution in [2.45, 2.75) is 50.2 Å². The maximum absolute atomic E-state index is 10.4. The van der Waals surface area contributed by atoms with E-state index >= 15 is 0 Å². The molecular formula is C11H18O2. The van der Waals surface area contributed by atoms with Gasteiger partial charge in [0.1, 0.15) is 0 Å². The van der Waals surface area contributed by atoms with Crippen molar-refractivity contribution in [3.63, 3.8) is 0 Å². The molecule has 74 valence electrons. The smallest absolute Gasteiger partial charge is 0.0938 e. The molecule has 0 aliphatic heterocycles. The molecule has 0 saturated heterocycles. The van der Waals surface area contributed by atoms with Crippen molar-refractivity contribution in [1.29, 1.82) is 0 Å². The predicted octanol–water partition coefficient (Wildman–Crippen LogP) is 1.31. The zero-order chi connectivity index (χ0) is 9.27. The molecule has 0 aromatic carbocycles. The second-order valence-electron chi connectivity index (χ2n) is 5.72. The van der Waals surface area contributed by atoms with Crippen LogP contribution >= 0.6 is 0 Å². The molecule has 4 saturated carbocycles. The molecule has 0 aromatic rings. The Morgan fingerprint density at radius 3 is 2.00 bits per heavy atom. The Hall–Kier alpha value is -0.0800. The summed E-state index contributed by atoms with van der Waals surface area (Å²) in [5.74, 6) is 1.76. The van der Waals surface area contributed by atoms with Crippen molar-refractivity contribution in [2.75, 3.05) is 0 Å². The van der Waals surface area contributed by atoms with E-state index in [2.05, 4.69) is 0 Å². The topological polar surface area (TPSA) is 40.5 Å². The molecule has 4 bridgehead atoms. The van der Waals surface area contributed by atoms with Gasteiger partial charge in [-0.15, -0.1) is 0 Å². The fraction of sp³-hybridized carbons (Fsp3) is 1.00. The number of aliphatic hydroxyl groups is 2. The molecule has 4 fully saturated rings.